The summed E-state index contributed by atoms with van der Waals surface area (Å²) in [5.74, 6) is 0. The van der Waals surface area contributed by atoms with Crippen molar-refractivity contribution in [2.45, 2.75) is 17.7 Å². The summed E-state index contributed by atoms with van der Waals surface area (Å²) >= 11 is 4.43. The lowest BCUT2D eigenvalue weighted by molar-refractivity contribution is 0.583. The smallest absolute Gasteiger partial charge is 0.250 e. The highest BCUT2D eigenvalue weighted by atomic mass is 79.9. The molecule has 1 N–H and O–H groups in total. The second kappa shape index (κ2) is 5.48. The third-order valence-electron chi connectivity index (χ3n) is 2.41. The number of aromatic nitrogens is 1. The number of nitrogens with zero attached hydrogens (tertiary/aromatic N) is 1. The van der Waals surface area contributed by atoms with Crippen molar-refractivity contribution in [3.63, 3.8) is 0 Å². The Labute approximate surface area is 118 Å². The van der Waals surface area contributed by atoms with Crippen molar-refractivity contribution in [1.82, 2.24) is 9.71 Å². The lowest BCUT2D eigenvalue weighted by Gasteiger charge is -2.06. The number of thiophene rings is 1. The minimum atomic E-state index is -3.44. The number of sulfonamides is 1. The summed E-state index contributed by atoms with van der Waals surface area (Å²) in [6, 6.07) is 5.15. The van der Waals surface area contributed by atoms with E-state index in [9.17, 15) is 8.42 Å². The van der Waals surface area contributed by atoms with E-state index >= 15 is 0 Å². The third kappa shape index (κ3) is 3.17. The first-order valence-corrected chi connectivity index (χ1v) is 8.23. The van der Waals surface area contributed by atoms with E-state index in [4.69, 9.17) is 0 Å². The average Bonchev–Trinajstić information content (AvgIpc) is 2.76. The van der Waals surface area contributed by atoms with Crippen LogP contribution in [0.3, 0.4) is 0 Å². The maximum Gasteiger partial charge on any atom is 0.250 e. The monoisotopic (exact) mass is 346 g/mol. The summed E-state index contributed by atoms with van der Waals surface area (Å²) in [5, 5.41) is 0. The number of hydrogen-bond donors (Lipinski definition) is 1. The molecule has 0 aliphatic carbocycles. The van der Waals surface area contributed by atoms with Crippen LogP contribution in [0.5, 0.6) is 0 Å². The summed E-state index contributed by atoms with van der Waals surface area (Å²) in [4.78, 5) is 3.98. The van der Waals surface area contributed by atoms with Crippen molar-refractivity contribution >= 4 is 37.3 Å². The predicted octanol–water partition coefficient (Wildman–Crippen LogP) is 2.69. The van der Waals surface area contributed by atoms with Crippen LogP contribution in [0, 0.1) is 6.92 Å². The fourth-order valence-electron chi connectivity index (χ4n) is 1.37. The zero-order valence-electron chi connectivity index (χ0n) is 9.55. The Kier molecular flexibility index (Phi) is 4.16. The van der Waals surface area contributed by atoms with Crippen LogP contribution in [-0.4, -0.2) is 13.4 Å². The normalized spacial score (nSPS) is 11.7. The van der Waals surface area contributed by atoms with Gasteiger partial charge in [-0.25, -0.2) is 13.1 Å². The molecule has 0 unspecified atom stereocenters. The number of pyridine rings is 1. The zero-order valence-corrected chi connectivity index (χ0v) is 12.8. The highest BCUT2D eigenvalue weighted by Gasteiger charge is 2.16. The van der Waals surface area contributed by atoms with Crippen molar-refractivity contribution in [3.05, 3.63) is 45.5 Å². The minimum Gasteiger partial charge on any atom is -0.264 e. The Morgan fingerprint density at radius 3 is 2.78 bits per heavy atom. The lowest BCUT2D eigenvalue weighted by atomic mass is 10.2. The highest BCUT2D eigenvalue weighted by molar-refractivity contribution is 9.11. The van der Waals surface area contributed by atoms with Gasteiger partial charge >= 0.3 is 0 Å². The molecule has 7 heteroatoms. The van der Waals surface area contributed by atoms with Crippen LogP contribution in [-0.2, 0) is 16.6 Å². The van der Waals surface area contributed by atoms with Crippen LogP contribution in [0.25, 0.3) is 0 Å². The van der Waals surface area contributed by atoms with Gasteiger partial charge in [-0.2, -0.15) is 0 Å². The molecule has 0 amide bonds. The molecular weight excluding hydrogens is 336 g/mol. The first-order chi connectivity index (χ1) is 8.49. The molecule has 2 aromatic heterocycles. The number of hydrogen-bond acceptors (Lipinski definition) is 4. The first kappa shape index (κ1) is 13.7. The van der Waals surface area contributed by atoms with Gasteiger partial charge in [0.05, 0.1) is 3.79 Å². The van der Waals surface area contributed by atoms with Gasteiger partial charge in [0.2, 0.25) is 10.0 Å². The Morgan fingerprint density at radius 2 is 2.17 bits per heavy atom. The Bertz CT molecular complexity index is 653. The second-order valence-corrected chi connectivity index (χ2v) is 8.14. The molecule has 4 nitrogen and oxygen atoms in total. The van der Waals surface area contributed by atoms with E-state index < -0.39 is 10.0 Å². The molecule has 0 atom stereocenters. The van der Waals surface area contributed by atoms with Crippen LogP contribution in [0.15, 0.2) is 38.6 Å². The SMILES string of the molecule is Cc1ccncc1CNS(=O)(=O)c1ccc(Br)s1. The molecule has 0 bridgehead atoms. The van der Waals surface area contributed by atoms with E-state index in [1.54, 1.807) is 24.5 Å². The quantitative estimate of drug-likeness (QED) is 0.925. The molecule has 0 aliphatic heterocycles. The van der Waals surface area contributed by atoms with Crippen molar-refractivity contribution in [2.24, 2.45) is 0 Å². The largest absolute Gasteiger partial charge is 0.264 e. The van der Waals surface area contributed by atoms with E-state index in [1.807, 2.05) is 13.0 Å². The maximum absolute atomic E-state index is 12.0. The Morgan fingerprint density at radius 1 is 1.39 bits per heavy atom. The van der Waals surface area contributed by atoms with Gasteiger partial charge < -0.3 is 0 Å². The predicted molar refractivity (Wildman–Crippen MR) is 75.0 cm³/mol. The molecule has 0 saturated carbocycles. The van der Waals surface area contributed by atoms with Crippen molar-refractivity contribution in [2.75, 3.05) is 0 Å². The maximum atomic E-state index is 12.0. The average molecular weight is 347 g/mol. The molecule has 18 heavy (non-hydrogen) atoms. The summed E-state index contributed by atoms with van der Waals surface area (Å²) in [7, 11) is -3.44. The number of rotatable bonds is 4. The molecule has 2 aromatic rings. The summed E-state index contributed by atoms with van der Waals surface area (Å²) in [5.41, 5.74) is 1.89. The van der Waals surface area contributed by atoms with E-state index in [0.717, 1.165) is 14.9 Å². The highest BCUT2D eigenvalue weighted by Crippen LogP contribution is 2.25. The third-order valence-corrected chi connectivity index (χ3v) is 5.93. The molecular formula is C11H11BrN2O2S2. The van der Waals surface area contributed by atoms with Gasteiger partial charge in [-0.3, -0.25) is 4.98 Å². The van der Waals surface area contributed by atoms with Crippen LogP contribution in [0.1, 0.15) is 11.1 Å². The molecule has 2 rings (SSSR count). The second-order valence-electron chi connectivity index (χ2n) is 3.69. The summed E-state index contributed by atoms with van der Waals surface area (Å²) in [6.07, 6.45) is 3.35. The van der Waals surface area contributed by atoms with Gasteiger partial charge in [-0.05, 0) is 52.2 Å². The van der Waals surface area contributed by atoms with E-state index in [1.165, 1.54) is 11.3 Å². The summed E-state index contributed by atoms with van der Waals surface area (Å²) in [6.45, 7) is 2.17. The zero-order chi connectivity index (χ0) is 13.2. The standard InChI is InChI=1S/C11H11BrN2O2S2/c1-8-4-5-13-6-9(8)7-14-18(15,16)11-3-2-10(12)17-11/h2-6,14H,7H2,1H3. The summed E-state index contributed by atoms with van der Waals surface area (Å²) < 4.78 is 27.6. The Hall–Kier alpha value is -0.760. The van der Waals surface area contributed by atoms with Crippen LogP contribution in [0.4, 0.5) is 0 Å². The fourth-order valence-corrected chi connectivity index (χ4v) is 4.43. The number of nitrogens with one attached hydrogen (secondary N) is 1. The molecule has 2 heterocycles. The number of aryl methyl sites for hydroxylation is 1. The molecule has 0 spiro atoms. The van der Waals surface area contributed by atoms with Gasteiger partial charge in [0, 0.05) is 18.9 Å². The van der Waals surface area contributed by atoms with Gasteiger partial charge in [-0.15, -0.1) is 11.3 Å². The molecule has 96 valence electrons. The van der Waals surface area contributed by atoms with Crippen LogP contribution >= 0.6 is 27.3 Å². The first-order valence-electron chi connectivity index (χ1n) is 5.13. The van der Waals surface area contributed by atoms with Crippen LogP contribution in [0.2, 0.25) is 0 Å². The van der Waals surface area contributed by atoms with E-state index in [0.29, 0.717) is 4.21 Å². The van der Waals surface area contributed by atoms with E-state index in [2.05, 4.69) is 25.6 Å². The van der Waals surface area contributed by atoms with Crippen LogP contribution < -0.4 is 4.72 Å². The van der Waals surface area contributed by atoms with Gasteiger partial charge in [0.1, 0.15) is 4.21 Å². The van der Waals surface area contributed by atoms with Crippen molar-refractivity contribution in [3.8, 4) is 0 Å². The molecule has 0 aliphatic rings. The number of halogens is 1. The van der Waals surface area contributed by atoms with E-state index in [-0.39, 0.29) is 6.54 Å². The molecule has 0 radical (unpaired) electrons. The molecule has 0 saturated heterocycles. The van der Waals surface area contributed by atoms with Gasteiger partial charge in [0.25, 0.3) is 0 Å². The van der Waals surface area contributed by atoms with Crippen molar-refractivity contribution < 1.29 is 8.42 Å². The topological polar surface area (TPSA) is 59.1 Å². The van der Waals surface area contributed by atoms with Gasteiger partial charge in [-0.1, -0.05) is 0 Å². The minimum absolute atomic E-state index is 0.248. The molecule has 0 fully saturated rings. The fraction of sp³-hybridized carbons (Fsp3) is 0.182. The van der Waals surface area contributed by atoms with Crippen molar-refractivity contribution in [1.29, 1.82) is 0 Å². The molecule has 0 aromatic carbocycles. The lowest BCUT2D eigenvalue weighted by Crippen LogP contribution is -2.22. The van der Waals surface area contributed by atoms with Gasteiger partial charge in [0.15, 0.2) is 0 Å². The Balaban J connectivity index is 2.13.